The summed E-state index contributed by atoms with van der Waals surface area (Å²) in [6, 6.07) is 2.58. The third-order valence-corrected chi connectivity index (χ3v) is 3.12. The lowest BCUT2D eigenvalue weighted by atomic mass is 10.2. The molecule has 0 amide bonds. The van der Waals surface area contributed by atoms with E-state index in [2.05, 4.69) is 39.7 Å². The molecule has 4 heteroatoms. The smallest absolute Gasteiger partial charge is 0.152 e. The highest BCUT2D eigenvalue weighted by Gasteiger charge is 2.31. The summed E-state index contributed by atoms with van der Waals surface area (Å²) < 4.78 is 0.939. The fourth-order valence-corrected chi connectivity index (χ4v) is 2.22. The summed E-state index contributed by atoms with van der Waals surface area (Å²) in [7, 11) is 0. The van der Waals surface area contributed by atoms with E-state index in [0.29, 0.717) is 12.0 Å². The molecule has 1 aliphatic carbocycles. The van der Waals surface area contributed by atoms with Gasteiger partial charge in [-0.1, -0.05) is 13.8 Å². The van der Waals surface area contributed by atoms with E-state index in [1.54, 1.807) is 0 Å². The lowest BCUT2D eigenvalue weighted by Gasteiger charge is -2.26. The second-order valence-electron chi connectivity index (χ2n) is 4.84. The molecule has 1 aliphatic rings. The maximum Gasteiger partial charge on any atom is 0.152 e. The summed E-state index contributed by atoms with van der Waals surface area (Å²) in [4.78, 5) is 6.80. The topological polar surface area (TPSA) is 42.2 Å². The van der Waals surface area contributed by atoms with Crippen LogP contribution in [0.2, 0.25) is 0 Å². The molecule has 0 atom stereocenters. The molecule has 16 heavy (non-hydrogen) atoms. The zero-order valence-corrected chi connectivity index (χ0v) is 11.4. The van der Waals surface area contributed by atoms with Crippen LogP contribution < -0.4 is 10.6 Å². The van der Waals surface area contributed by atoms with Crippen molar-refractivity contribution in [1.82, 2.24) is 4.98 Å². The Hall–Kier alpha value is -0.770. The molecule has 1 fully saturated rings. The Morgan fingerprint density at radius 1 is 1.56 bits per heavy atom. The molecule has 3 nitrogen and oxygen atoms in total. The molecule has 0 aliphatic heterocycles. The summed E-state index contributed by atoms with van der Waals surface area (Å²) in [6.45, 7) is 5.48. The molecule has 0 aromatic carbocycles. The normalized spacial score (nSPS) is 15.5. The predicted molar refractivity (Wildman–Crippen MR) is 71.6 cm³/mol. The Labute approximate surface area is 105 Å². The van der Waals surface area contributed by atoms with Crippen molar-refractivity contribution >= 4 is 27.4 Å². The van der Waals surface area contributed by atoms with E-state index < -0.39 is 0 Å². The number of pyridine rings is 1. The fourth-order valence-electron chi connectivity index (χ4n) is 1.88. The third-order valence-electron chi connectivity index (χ3n) is 2.68. The Balaban J connectivity index is 2.24. The standard InChI is InChI=1S/C12H18BrN3/c1-8(2)7-16(10-3-4-10)12-11(14)5-9(13)6-15-12/h5-6,8,10H,3-4,7,14H2,1-2H3. The van der Waals surface area contributed by atoms with Crippen molar-refractivity contribution < 1.29 is 0 Å². The summed E-state index contributed by atoms with van der Waals surface area (Å²) in [5.41, 5.74) is 6.80. The van der Waals surface area contributed by atoms with Gasteiger partial charge in [0.15, 0.2) is 5.82 Å². The lowest BCUT2D eigenvalue weighted by Crippen LogP contribution is -2.31. The average Bonchev–Trinajstić information content (AvgIpc) is 2.97. The van der Waals surface area contributed by atoms with E-state index in [-0.39, 0.29) is 0 Å². The van der Waals surface area contributed by atoms with Crippen LogP contribution in [0.4, 0.5) is 11.5 Å². The third kappa shape index (κ3) is 2.67. The summed E-state index contributed by atoms with van der Waals surface area (Å²) >= 11 is 3.39. The zero-order chi connectivity index (χ0) is 11.7. The van der Waals surface area contributed by atoms with Crippen molar-refractivity contribution in [2.45, 2.75) is 32.7 Å². The molecular weight excluding hydrogens is 266 g/mol. The number of hydrogen-bond donors (Lipinski definition) is 1. The van der Waals surface area contributed by atoms with Crippen LogP contribution in [0, 0.1) is 5.92 Å². The highest BCUT2D eigenvalue weighted by molar-refractivity contribution is 9.10. The van der Waals surface area contributed by atoms with Crippen LogP contribution in [-0.4, -0.2) is 17.6 Å². The summed E-state index contributed by atoms with van der Waals surface area (Å²) in [5, 5.41) is 0. The van der Waals surface area contributed by atoms with Crippen molar-refractivity contribution in [2.75, 3.05) is 17.2 Å². The van der Waals surface area contributed by atoms with Crippen LogP contribution in [0.15, 0.2) is 16.7 Å². The first-order chi connectivity index (χ1) is 7.58. The fraction of sp³-hybridized carbons (Fsp3) is 0.583. The van der Waals surface area contributed by atoms with Crippen molar-refractivity contribution in [3.63, 3.8) is 0 Å². The van der Waals surface area contributed by atoms with E-state index in [4.69, 9.17) is 5.73 Å². The quantitative estimate of drug-likeness (QED) is 0.924. The van der Waals surface area contributed by atoms with E-state index in [1.807, 2.05) is 12.3 Å². The molecule has 1 heterocycles. The minimum absolute atomic E-state index is 0.630. The zero-order valence-electron chi connectivity index (χ0n) is 9.78. The molecule has 1 aromatic heterocycles. The van der Waals surface area contributed by atoms with Gasteiger partial charge >= 0.3 is 0 Å². The van der Waals surface area contributed by atoms with Crippen molar-refractivity contribution in [3.8, 4) is 0 Å². The number of anilines is 2. The Kier molecular flexibility index (Phi) is 3.38. The van der Waals surface area contributed by atoms with E-state index in [0.717, 1.165) is 22.5 Å². The van der Waals surface area contributed by atoms with Gasteiger partial charge in [-0.25, -0.2) is 4.98 Å². The largest absolute Gasteiger partial charge is 0.396 e. The maximum absolute atomic E-state index is 6.03. The van der Waals surface area contributed by atoms with Crippen LogP contribution in [-0.2, 0) is 0 Å². The second-order valence-corrected chi connectivity index (χ2v) is 5.76. The van der Waals surface area contributed by atoms with Gasteiger partial charge < -0.3 is 10.6 Å². The van der Waals surface area contributed by atoms with Gasteiger partial charge in [0.2, 0.25) is 0 Å². The number of nitrogens with zero attached hydrogens (tertiary/aromatic N) is 2. The highest BCUT2D eigenvalue weighted by Crippen LogP contribution is 2.34. The van der Waals surface area contributed by atoms with E-state index in [9.17, 15) is 0 Å². The minimum atomic E-state index is 0.630. The summed E-state index contributed by atoms with van der Waals surface area (Å²) in [6.07, 6.45) is 4.36. The highest BCUT2D eigenvalue weighted by atomic mass is 79.9. The molecule has 0 bridgehead atoms. The van der Waals surface area contributed by atoms with Gasteiger partial charge in [-0.2, -0.15) is 0 Å². The number of rotatable bonds is 4. The molecular formula is C12H18BrN3. The van der Waals surface area contributed by atoms with Gasteiger partial charge in [-0.15, -0.1) is 0 Å². The molecule has 0 unspecified atom stereocenters. The first-order valence-corrected chi connectivity index (χ1v) is 6.55. The van der Waals surface area contributed by atoms with Gasteiger partial charge in [0.1, 0.15) is 0 Å². The molecule has 1 aromatic rings. The average molecular weight is 284 g/mol. The number of nitrogen functional groups attached to an aromatic ring is 1. The van der Waals surface area contributed by atoms with Crippen molar-refractivity contribution in [3.05, 3.63) is 16.7 Å². The Morgan fingerprint density at radius 2 is 2.25 bits per heavy atom. The van der Waals surface area contributed by atoms with Gasteiger partial charge in [-0.3, -0.25) is 0 Å². The maximum atomic E-state index is 6.03. The summed E-state index contributed by atoms with van der Waals surface area (Å²) in [5.74, 6) is 1.57. The molecule has 2 rings (SSSR count). The van der Waals surface area contributed by atoms with E-state index >= 15 is 0 Å². The van der Waals surface area contributed by atoms with Crippen LogP contribution in [0.1, 0.15) is 26.7 Å². The van der Waals surface area contributed by atoms with Gasteiger partial charge in [-0.05, 0) is 40.8 Å². The first-order valence-electron chi connectivity index (χ1n) is 5.75. The lowest BCUT2D eigenvalue weighted by molar-refractivity contribution is 0.603. The molecule has 2 N–H and O–H groups in total. The van der Waals surface area contributed by atoms with E-state index in [1.165, 1.54) is 12.8 Å². The number of aromatic nitrogens is 1. The van der Waals surface area contributed by atoms with Gasteiger partial charge in [0.25, 0.3) is 0 Å². The molecule has 88 valence electrons. The van der Waals surface area contributed by atoms with Gasteiger partial charge in [0.05, 0.1) is 5.69 Å². The first kappa shape index (κ1) is 11.7. The monoisotopic (exact) mass is 283 g/mol. The van der Waals surface area contributed by atoms with Crippen LogP contribution in [0.5, 0.6) is 0 Å². The SMILES string of the molecule is CC(C)CN(c1ncc(Br)cc1N)C1CC1. The number of halogens is 1. The molecule has 1 saturated carbocycles. The Bertz CT molecular complexity index is 375. The number of hydrogen-bond acceptors (Lipinski definition) is 3. The second kappa shape index (κ2) is 4.62. The van der Waals surface area contributed by atoms with Crippen LogP contribution in [0.3, 0.4) is 0 Å². The van der Waals surface area contributed by atoms with Crippen LogP contribution >= 0.6 is 15.9 Å². The molecule has 0 radical (unpaired) electrons. The molecule has 0 saturated heterocycles. The van der Waals surface area contributed by atoms with Crippen LogP contribution in [0.25, 0.3) is 0 Å². The van der Waals surface area contributed by atoms with Gasteiger partial charge in [0, 0.05) is 23.3 Å². The number of nitrogens with two attached hydrogens (primary N) is 1. The predicted octanol–water partition coefficient (Wildman–Crippen LogP) is 3.05. The molecule has 0 spiro atoms. The van der Waals surface area contributed by atoms with Crippen molar-refractivity contribution in [1.29, 1.82) is 0 Å². The Morgan fingerprint density at radius 3 is 2.75 bits per heavy atom. The van der Waals surface area contributed by atoms with Crippen molar-refractivity contribution in [2.24, 2.45) is 5.92 Å². The minimum Gasteiger partial charge on any atom is -0.396 e.